The van der Waals surface area contributed by atoms with Gasteiger partial charge in [0.1, 0.15) is 5.54 Å². The lowest BCUT2D eigenvalue weighted by Crippen LogP contribution is -2.54. The lowest BCUT2D eigenvalue weighted by Gasteiger charge is -2.26. The fraction of sp³-hybridized carbons (Fsp3) is 0.450. The molecule has 0 saturated carbocycles. The summed E-state index contributed by atoms with van der Waals surface area (Å²) in [5.41, 5.74) is -0.501. The summed E-state index contributed by atoms with van der Waals surface area (Å²) in [5.74, 6) is -3.31. The van der Waals surface area contributed by atoms with E-state index in [1.807, 2.05) is 43.3 Å². The van der Waals surface area contributed by atoms with E-state index in [0.717, 1.165) is 18.4 Å². The van der Waals surface area contributed by atoms with Gasteiger partial charge in [0, 0.05) is 12.6 Å². The Morgan fingerprint density at radius 2 is 1.96 bits per heavy atom. The number of carboxylic acids is 1. The van der Waals surface area contributed by atoms with Crippen LogP contribution in [0, 0.1) is 11.8 Å². The van der Waals surface area contributed by atoms with Crippen LogP contribution in [0.2, 0.25) is 0 Å². The highest BCUT2D eigenvalue weighted by Crippen LogP contribution is 2.43. The first kappa shape index (κ1) is 18.3. The standard InChI is InChI=1S/C20H24N2O4/c1-3-4-12-22-17(23)15-14(11-10-13-8-6-5-7-9-13)21-20(2,19(25)26)16(15)18(22)24/h5-11,14-16,21H,3-4,12H2,1-2H3,(H,25,26). The van der Waals surface area contributed by atoms with Crippen LogP contribution < -0.4 is 5.32 Å². The van der Waals surface area contributed by atoms with Gasteiger partial charge in [-0.25, -0.2) is 0 Å². The predicted molar refractivity (Wildman–Crippen MR) is 97.0 cm³/mol. The summed E-state index contributed by atoms with van der Waals surface area (Å²) in [6.07, 6.45) is 5.24. The Balaban J connectivity index is 1.92. The van der Waals surface area contributed by atoms with Gasteiger partial charge < -0.3 is 5.11 Å². The highest BCUT2D eigenvalue weighted by molar-refractivity contribution is 6.09. The Hall–Kier alpha value is -2.47. The molecule has 2 aliphatic rings. The number of nitrogens with one attached hydrogen (secondary N) is 1. The fourth-order valence-corrected chi connectivity index (χ4v) is 3.92. The molecule has 0 aromatic heterocycles. The SMILES string of the molecule is CCCCN1C(=O)C2C(C=Cc3ccccc3)NC(C)(C(=O)O)C2C1=O. The third-order valence-electron chi connectivity index (χ3n) is 5.39. The Morgan fingerprint density at radius 3 is 2.58 bits per heavy atom. The molecule has 2 aliphatic heterocycles. The van der Waals surface area contributed by atoms with Crippen molar-refractivity contribution in [2.75, 3.05) is 6.54 Å². The van der Waals surface area contributed by atoms with Crippen molar-refractivity contribution in [3.63, 3.8) is 0 Å². The number of likely N-dealkylation sites (tertiary alicyclic amines) is 1. The molecule has 2 N–H and O–H groups in total. The Kier molecular flexibility index (Phi) is 4.96. The van der Waals surface area contributed by atoms with Gasteiger partial charge in [0.25, 0.3) is 0 Å². The molecule has 2 amide bonds. The van der Waals surface area contributed by atoms with Crippen LogP contribution in [0.5, 0.6) is 0 Å². The number of fused-ring (bicyclic) bond motifs is 1. The highest BCUT2D eigenvalue weighted by Gasteiger charge is 2.65. The molecule has 26 heavy (non-hydrogen) atoms. The van der Waals surface area contributed by atoms with Crippen LogP contribution in [0.1, 0.15) is 32.3 Å². The lowest BCUT2D eigenvalue weighted by molar-refractivity contribution is -0.150. The van der Waals surface area contributed by atoms with E-state index in [0.29, 0.717) is 6.54 Å². The van der Waals surface area contributed by atoms with Crippen molar-refractivity contribution in [3.05, 3.63) is 42.0 Å². The molecule has 4 unspecified atom stereocenters. The highest BCUT2D eigenvalue weighted by atomic mass is 16.4. The van der Waals surface area contributed by atoms with Crippen molar-refractivity contribution in [3.8, 4) is 0 Å². The topological polar surface area (TPSA) is 86.7 Å². The maximum atomic E-state index is 12.9. The largest absolute Gasteiger partial charge is 0.480 e. The van der Waals surface area contributed by atoms with Crippen molar-refractivity contribution >= 4 is 23.9 Å². The van der Waals surface area contributed by atoms with Gasteiger partial charge in [0.2, 0.25) is 11.8 Å². The van der Waals surface area contributed by atoms with Gasteiger partial charge in [-0.3, -0.25) is 24.6 Å². The van der Waals surface area contributed by atoms with E-state index in [4.69, 9.17) is 0 Å². The van der Waals surface area contributed by atoms with E-state index >= 15 is 0 Å². The summed E-state index contributed by atoms with van der Waals surface area (Å²) >= 11 is 0. The second-order valence-corrected chi connectivity index (χ2v) is 7.13. The van der Waals surface area contributed by atoms with Gasteiger partial charge in [-0.05, 0) is 18.9 Å². The number of hydrogen-bond donors (Lipinski definition) is 2. The minimum absolute atomic E-state index is 0.270. The molecular formula is C20H24N2O4. The summed E-state index contributed by atoms with van der Waals surface area (Å²) in [6, 6.07) is 9.08. The van der Waals surface area contributed by atoms with Crippen molar-refractivity contribution < 1.29 is 19.5 Å². The number of hydrogen-bond acceptors (Lipinski definition) is 4. The van der Waals surface area contributed by atoms with Gasteiger partial charge in [-0.15, -0.1) is 0 Å². The molecule has 1 aromatic rings. The van der Waals surface area contributed by atoms with Gasteiger partial charge in [0.05, 0.1) is 11.8 Å². The normalized spacial score (nSPS) is 31.0. The predicted octanol–water partition coefficient (Wildman–Crippen LogP) is 1.92. The molecule has 0 bridgehead atoms. The molecule has 138 valence electrons. The van der Waals surface area contributed by atoms with Gasteiger partial charge in [0.15, 0.2) is 0 Å². The Bertz CT molecular complexity index is 745. The first-order valence-corrected chi connectivity index (χ1v) is 8.99. The number of carboxylic acid groups (broad SMARTS) is 1. The van der Waals surface area contributed by atoms with E-state index in [1.54, 1.807) is 6.08 Å². The number of unbranched alkanes of at least 4 members (excludes halogenated alkanes) is 1. The summed E-state index contributed by atoms with van der Waals surface area (Å²) in [4.78, 5) is 38.8. The summed E-state index contributed by atoms with van der Waals surface area (Å²) in [5, 5.41) is 12.7. The van der Waals surface area contributed by atoms with Gasteiger partial charge >= 0.3 is 5.97 Å². The number of benzene rings is 1. The van der Waals surface area contributed by atoms with Gasteiger partial charge in [-0.1, -0.05) is 55.8 Å². The zero-order valence-corrected chi connectivity index (χ0v) is 15.0. The number of carbonyl (C=O) groups is 3. The van der Waals surface area contributed by atoms with Crippen LogP contribution >= 0.6 is 0 Å². The Labute approximate surface area is 152 Å². The first-order chi connectivity index (χ1) is 12.4. The van der Waals surface area contributed by atoms with Crippen molar-refractivity contribution in [1.29, 1.82) is 0 Å². The van der Waals surface area contributed by atoms with Crippen molar-refractivity contribution in [1.82, 2.24) is 10.2 Å². The number of aliphatic carboxylic acids is 1. The number of carbonyl (C=O) groups excluding carboxylic acids is 2. The zero-order valence-electron chi connectivity index (χ0n) is 15.0. The summed E-state index contributed by atoms with van der Waals surface area (Å²) < 4.78 is 0. The molecule has 2 fully saturated rings. The molecule has 0 spiro atoms. The Morgan fingerprint density at radius 1 is 1.27 bits per heavy atom. The first-order valence-electron chi connectivity index (χ1n) is 8.99. The smallest absolute Gasteiger partial charge is 0.324 e. The van der Waals surface area contributed by atoms with Crippen LogP contribution in [-0.4, -0.2) is 45.9 Å². The third-order valence-corrected chi connectivity index (χ3v) is 5.39. The second-order valence-electron chi connectivity index (χ2n) is 7.13. The zero-order chi connectivity index (χ0) is 18.9. The van der Waals surface area contributed by atoms with E-state index in [1.165, 1.54) is 11.8 Å². The fourth-order valence-electron chi connectivity index (χ4n) is 3.92. The molecule has 2 heterocycles. The maximum Gasteiger partial charge on any atom is 0.324 e. The average Bonchev–Trinajstić information content (AvgIpc) is 3.07. The molecular weight excluding hydrogens is 332 g/mol. The average molecular weight is 356 g/mol. The minimum Gasteiger partial charge on any atom is -0.480 e. The molecule has 3 rings (SSSR count). The van der Waals surface area contributed by atoms with Crippen LogP contribution in [-0.2, 0) is 14.4 Å². The van der Waals surface area contributed by atoms with E-state index < -0.39 is 29.4 Å². The number of imide groups is 1. The quantitative estimate of drug-likeness (QED) is 0.761. The maximum absolute atomic E-state index is 12.9. The van der Waals surface area contributed by atoms with Crippen LogP contribution in [0.3, 0.4) is 0 Å². The lowest BCUT2D eigenvalue weighted by atomic mass is 9.81. The number of rotatable bonds is 6. The molecule has 6 nitrogen and oxygen atoms in total. The molecule has 0 radical (unpaired) electrons. The minimum atomic E-state index is -1.45. The van der Waals surface area contributed by atoms with Crippen molar-refractivity contribution in [2.45, 2.75) is 38.3 Å². The van der Waals surface area contributed by atoms with Crippen LogP contribution in [0.15, 0.2) is 36.4 Å². The van der Waals surface area contributed by atoms with Crippen molar-refractivity contribution in [2.24, 2.45) is 11.8 Å². The summed E-state index contributed by atoms with van der Waals surface area (Å²) in [7, 11) is 0. The van der Waals surface area contributed by atoms with Crippen LogP contribution in [0.25, 0.3) is 6.08 Å². The number of amides is 2. The monoisotopic (exact) mass is 356 g/mol. The molecule has 2 saturated heterocycles. The van der Waals surface area contributed by atoms with Gasteiger partial charge in [-0.2, -0.15) is 0 Å². The van der Waals surface area contributed by atoms with Crippen LogP contribution in [0.4, 0.5) is 0 Å². The summed E-state index contributed by atoms with van der Waals surface area (Å²) in [6.45, 7) is 3.84. The number of nitrogens with zero attached hydrogens (tertiary/aromatic N) is 1. The molecule has 1 aromatic carbocycles. The van der Waals surface area contributed by atoms with E-state index in [9.17, 15) is 19.5 Å². The third kappa shape index (κ3) is 2.94. The molecule has 6 heteroatoms. The molecule has 0 aliphatic carbocycles. The van der Waals surface area contributed by atoms with E-state index in [-0.39, 0.29) is 11.8 Å². The second kappa shape index (κ2) is 7.03. The molecule has 4 atom stereocenters. The van der Waals surface area contributed by atoms with E-state index in [2.05, 4.69) is 5.32 Å².